The van der Waals surface area contributed by atoms with Crippen molar-refractivity contribution in [1.82, 2.24) is 5.32 Å². The first-order chi connectivity index (χ1) is 11.5. The fourth-order valence-electron chi connectivity index (χ4n) is 3.01. The van der Waals surface area contributed by atoms with Gasteiger partial charge in [-0.25, -0.2) is 4.39 Å². The third-order valence-corrected chi connectivity index (χ3v) is 4.33. The Morgan fingerprint density at radius 2 is 2.04 bits per heavy atom. The molecule has 2 aliphatic heterocycles. The molecule has 2 aliphatic rings. The minimum absolute atomic E-state index is 0.0484. The third kappa shape index (κ3) is 3.65. The smallest absolute Gasteiger partial charge is 0.284 e. The SMILES string of the molecule is NC(=O)C(=O)C[C@H]1CN(c2ccc(N3CCNCC3)c(F)c2)CO1. The maximum atomic E-state index is 14.5. The zero-order valence-electron chi connectivity index (χ0n) is 13.3. The van der Waals surface area contributed by atoms with Gasteiger partial charge in [-0.1, -0.05) is 0 Å². The highest BCUT2D eigenvalue weighted by atomic mass is 19.1. The van der Waals surface area contributed by atoms with Gasteiger partial charge in [0.1, 0.15) is 12.5 Å². The molecule has 7 nitrogen and oxygen atoms in total. The van der Waals surface area contributed by atoms with E-state index >= 15 is 0 Å². The Labute approximate surface area is 139 Å². The Hall–Kier alpha value is -2.19. The number of primary amides is 1. The molecule has 2 fully saturated rings. The summed E-state index contributed by atoms with van der Waals surface area (Å²) in [5.41, 5.74) is 6.24. The molecule has 130 valence electrons. The molecule has 1 aromatic rings. The molecule has 0 radical (unpaired) electrons. The molecule has 8 heteroatoms. The number of nitrogens with zero attached hydrogens (tertiary/aromatic N) is 2. The molecule has 0 saturated carbocycles. The second-order valence-electron chi connectivity index (χ2n) is 6.00. The predicted octanol–water partition coefficient (Wildman–Crippen LogP) is -0.157. The lowest BCUT2D eigenvalue weighted by atomic mass is 10.1. The highest BCUT2D eigenvalue weighted by molar-refractivity contribution is 6.35. The van der Waals surface area contributed by atoms with Crippen LogP contribution in [0.15, 0.2) is 18.2 Å². The first kappa shape index (κ1) is 16.7. The normalized spacial score (nSPS) is 21.1. The van der Waals surface area contributed by atoms with E-state index in [1.807, 2.05) is 15.9 Å². The minimum atomic E-state index is -0.955. The van der Waals surface area contributed by atoms with E-state index in [9.17, 15) is 14.0 Å². The van der Waals surface area contributed by atoms with Gasteiger partial charge in [0.25, 0.3) is 5.91 Å². The third-order valence-electron chi connectivity index (χ3n) is 4.33. The van der Waals surface area contributed by atoms with Crippen LogP contribution >= 0.6 is 0 Å². The van der Waals surface area contributed by atoms with Crippen LogP contribution in [-0.4, -0.2) is 57.2 Å². The van der Waals surface area contributed by atoms with E-state index in [1.54, 1.807) is 6.07 Å². The zero-order valence-corrected chi connectivity index (χ0v) is 13.3. The number of halogens is 1. The lowest BCUT2D eigenvalue weighted by Crippen LogP contribution is -2.43. The lowest BCUT2D eigenvalue weighted by Gasteiger charge is -2.30. The number of Topliss-reactive ketones (excluding diaryl/α,β-unsaturated/α-hetero) is 1. The molecule has 3 N–H and O–H groups in total. The summed E-state index contributed by atoms with van der Waals surface area (Å²) in [5.74, 6) is -1.88. The van der Waals surface area contributed by atoms with Crippen molar-refractivity contribution in [3.63, 3.8) is 0 Å². The molecule has 3 rings (SSSR count). The summed E-state index contributed by atoms with van der Waals surface area (Å²) in [5, 5.41) is 3.24. The van der Waals surface area contributed by atoms with Gasteiger partial charge >= 0.3 is 0 Å². The second-order valence-corrected chi connectivity index (χ2v) is 6.00. The van der Waals surface area contributed by atoms with Crippen molar-refractivity contribution in [1.29, 1.82) is 0 Å². The number of nitrogens with one attached hydrogen (secondary N) is 1. The number of ketones is 1. The van der Waals surface area contributed by atoms with Crippen molar-refractivity contribution in [2.45, 2.75) is 12.5 Å². The number of piperazine rings is 1. The summed E-state index contributed by atoms with van der Waals surface area (Å²) in [4.78, 5) is 26.0. The molecule has 24 heavy (non-hydrogen) atoms. The van der Waals surface area contributed by atoms with Crippen LogP contribution in [0.5, 0.6) is 0 Å². The van der Waals surface area contributed by atoms with Crippen molar-refractivity contribution < 1.29 is 18.7 Å². The summed E-state index contributed by atoms with van der Waals surface area (Å²) in [6.45, 7) is 3.92. The van der Waals surface area contributed by atoms with Gasteiger partial charge in [0.05, 0.1) is 11.8 Å². The molecule has 2 saturated heterocycles. The van der Waals surface area contributed by atoms with E-state index in [0.29, 0.717) is 17.9 Å². The maximum absolute atomic E-state index is 14.5. The number of hydrogen-bond donors (Lipinski definition) is 2. The molecule has 0 spiro atoms. The fraction of sp³-hybridized carbons (Fsp3) is 0.500. The summed E-state index contributed by atoms with van der Waals surface area (Å²) >= 11 is 0. The monoisotopic (exact) mass is 336 g/mol. The van der Waals surface area contributed by atoms with Crippen molar-refractivity contribution in [2.75, 3.05) is 49.3 Å². The van der Waals surface area contributed by atoms with E-state index in [2.05, 4.69) is 5.32 Å². The highest BCUT2D eigenvalue weighted by Gasteiger charge is 2.27. The van der Waals surface area contributed by atoms with Gasteiger partial charge in [0.2, 0.25) is 5.78 Å². The molecule has 0 aliphatic carbocycles. The van der Waals surface area contributed by atoms with Crippen molar-refractivity contribution >= 4 is 23.1 Å². The highest BCUT2D eigenvalue weighted by Crippen LogP contribution is 2.27. The number of nitrogens with two attached hydrogens (primary N) is 1. The number of carbonyl (C=O) groups is 2. The van der Waals surface area contributed by atoms with Crippen molar-refractivity contribution in [2.24, 2.45) is 5.73 Å². The fourth-order valence-corrected chi connectivity index (χ4v) is 3.01. The maximum Gasteiger partial charge on any atom is 0.284 e. The quantitative estimate of drug-likeness (QED) is 0.727. The van der Waals surface area contributed by atoms with Gasteiger partial charge in [-0.05, 0) is 18.2 Å². The molecular formula is C16H21FN4O3. The van der Waals surface area contributed by atoms with E-state index in [-0.39, 0.29) is 19.0 Å². The van der Waals surface area contributed by atoms with E-state index in [0.717, 1.165) is 26.2 Å². The van der Waals surface area contributed by atoms with Crippen molar-refractivity contribution in [3.05, 3.63) is 24.0 Å². The standard InChI is InChI=1S/C16H21FN4O3/c17-13-7-11(1-2-14(13)20-5-3-19-4-6-20)21-9-12(24-10-21)8-15(22)16(18)23/h1-2,7,12,19H,3-6,8-10H2,(H2,18,23)/t12-/m0/s1. The topological polar surface area (TPSA) is 87.9 Å². The van der Waals surface area contributed by atoms with Gasteiger partial charge in [0.15, 0.2) is 0 Å². The number of amides is 1. The van der Waals surface area contributed by atoms with Crippen LogP contribution < -0.4 is 20.9 Å². The van der Waals surface area contributed by atoms with Crippen molar-refractivity contribution in [3.8, 4) is 0 Å². The summed E-state index contributed by atoms with van der Waals surface area (Å²) in [6.07, 6.45) is -0.450. The Morgan fingerprint density at radius 1 is 1.29 bits per heavy atom. The molecule has 0 aromatic heterocycles. The number of anilines is 2. The average Bonchev–Trinajstić information content (AvgIpc) is 3.04. The molecule has 0 unspecified atom stereocenters. The van der Waals surface area contributed by atoms with Gasteiger partial charge in [-0.2, -0.15) is 0 Å². The summed E-state index contributed by atoms with van der Waals surface area (Å²) < 4.78 is 19.9. The number of hydrogen-bond acceptors (Lipinski definition) is 6. The van der Waals surface area contributed by atoms with Gasteiger partial charge < -0.3 is 25.6 Å². The molecular weight excluding hydrogens is 315 g/mol. The Bertz CT molecular complexity index is 634. The van der Waals surface area contributed by atoms with Crippen LogP contribution in [0.4, 0.5) is 15.8 Å². The van der Waals surface area contributed by atoms with Gasteiger partial charge in [-0.3, -0.25) is 9.59 Å². The summed E-state index contributed by atoms with van der Waals surface area (Å²) in [6, 6.07) is 5.11. The second kappa shape index (κ2) is 7.14. The van der Waals surface area contributed by atoms with E-state index < -0.39 is 17.8 Å². The number of carbonyl (C=O) groups excluding carboxylic acids is 2. The Morgan fingerprint density at radius 3 is 2.71 bits per heavy atom. The molecule has 0 bridgehead atoms. The molecule has 1 amide bonds. The zero-order chi connectivity index (χ0) is 17.1. The lowest BCUT2D eigenvalue weighted by molar-refractivity contribution is -0.137. The minimum Gasteiger partial charge on any atom is -0.367 e. The largest absolute Gasteiger partial charge is 0.367 e. The van der Waals surface area contributed by atoms with Gasteiger partial charge in [-0.15, -0.1) is 0 Å². The number of benzene rings is 1. The van der Waals surface area contributed by atoms with E-state index in [4.69, 9.17) is 10.5 Å². The first-order valence-electron chi connectivity index (χ1n) is 7.99. The Kier molecular flexibility index (Phi) is 4.96. The molecule has 1 atom stereocenters. The van der Waals surface area contributed by atoms with Crippen LogP contribution in [0.25, 0.3) is 0 Å². The first-order valence-corrected chi connectivity index (χ1v) is 7.99. The summed E-state index contributed by atoms with van der Waals surface area (Å²) in [7, 11) is 0. The van der Waals surface area contributed by atoms with Crippen LogP contribution in [0.1, 0.15) is 6.42 Å². The van der Waals surface area contributed by atoms with Crippen LogP contribution in [0.2, 0.25) is 0 Å². The predicted molar refractivity (Wildman–Crippen MR) is 87.4 cm³/mol. The Balaban J connectivity index is 1.64. The van der Waals surface area contributed by atoms with Crippen LogP contribution in [0, 0.1) is 5.82 Å². The molecule has 1 aromatic carbocycles. The van der Waals surface area contributed by atoms with Crippen LogP contribution in [-0.2, 0) is 14.3 Å². The molecule has 2 heterocycles. The van der Waals surface area contributed by atoms with Crippen LogP contribution in [0.3, 0.4) is 0 Å². The number of ether oxygens (including phenoxy) is 1. The van der Waals surface area contributed by atoms with E-state index in [1.165, 1.54) is 6.07 Å². The van der Waals surface area contributed by atoms with Gasteiger partial charge in [0, 0.05) is 44.8 Å². The average molecular weight is 336 g/mol. The number of rotatable bonds is 5.